The van der Waals surface area contributed by atoms with Crippen molar-refractivity contribution >= 4 is 28.2 Å². The number of aliphatic hydroxyl groups excluding tert-OH is 2. The minimum atomic E-state index is -1.05. The van der Waals surface area contributed by atoms with Crippen LogP contribution in [0.4, 0.5) is 15.8 Å². The molecule has 1 fully saturated rings. The summed E-state index contributed by atoms with van der Waals surface area (Å²) in [6, 6.07) is 10.1. The second-order valence-corrected chi connectivity index (χ2v) is 9.52. The summed E-state index contributed by atoms with van der Waals surface area (Å²) in [5.41, 5.74) is 2.42. The fourth-order valence-electron chi connectivity index (χ4n) is 4.55. The Morgan fingerprint density at radius 2 is 1.76 bits per heavy atom. The smallest absolute Gasteiger partial charge is 0.225 e. The van der Waals surface area contributed by atoms with E-state index in [1.807, 2.05) is 48.5 Å². The van der Waals surface area contributed by atoms with Crippen molar-refractivity contribution in [1.82, 2.24) is 9.88 Å². The molecular formula is C35H51FN4O6. The molecule has 1 aliphatic rings. The number of fused-ring (bicyclic) bond motifs is 1. The molecule has 3 N–H and O–H groups in total. The predicted molar refractivity (Wildman–Crippen MR) is 180 cm³/mol. The third-order valence-electron chi connectivity index (χ3n) is 6.72. The van der Waals surface area contributed by atoms with Crippen LogP contribution in [0.5, 0.6) is 11.5 Å². The molecule has 254 valence electrons. The van der Waals surface area contributed by atoms with Crippen LogP contribution in [0.25, 0.3) is 10.9 Å². The van der Waals surface area contributed by atoms with Crippen molar-refractivity contribution in [2.45, 2.75) is 79.9 Å². The first-order valence-corrected chi connectivity index (χ1v) is 16.1. The van der Waals surface area contributed by atoms with Crippen molar-refractivity contribution in [3.05, 3.63) is 53.5 Å². The van der Waals surface area contributed by atoms with Crippen LogP contribution in [0.1, 0.15) is 72.4 Å². The summed E-state index contributed by atoms with van der Waals surface area (Å²) >= 11 is 0. The van der Waals surface area contributed by atoms with E-state index in [2.05, 4.69) is 16.4 Å². The summed E-state index contributed by atoms with van der Waals surface area (Å²) in [6.07, 6.45) is -0.287. The first-order valence-electron chi connectivity index (χ1n) is 16.1. The first kappa shape index (κ1) is 40.0. The van der Waals surface area contributed by atoms with Crippen molar-refractivity contribution in [3.63, 3.8) is 0 Å². The van der Waals surface area contributed by atoms with E-state index in [9.17, 15) is 24.7 Å². The zero-order chi connectivity index (χ0) is 34.6. The molecule has 0 radical (unpaired) electrons. The molecule has 1 amide bonds. The molecule has 10 nitrogen and oxygen atoms in total. The van der Waals surface area contributed by atoms with Gasteiger partial charge in [-0.3, -0.25) is 9.78 Å². The minimum absolute atomic E-state index is 0.0523. The number of nitrogens with zero attached hydrogens (tertiary/aromatic N) is 3. The molecule has 0 spiro atoms. The third-order valence-corrected chi connectivity index (χ3v) is 6.72. The number of aryl methyl sites for hydroxylation is 1. The average Bonchev–Trinajstić information content (AvgIpc) is 3.10. The molecule has 2 aromatic carbocycles. The van der Waals surface area contributed by atoms with E-state index in [4.69, 9.17) is 14.2 Å². The van der Waals surface area contributed by atoms with E-state index >= 15 is 0 Å². The molecule has 1 aliphatic heterocycles. The summed E-state index contributed by atoms with van der Waals surface area (Å²) < 4.78 is 30.6. The summed E-state index contributed by atoms with van der Waals surface area (Å²) in [5.74, 6) is 0.165. The van der Waals surface area contributed by atoms with Crippen LogP contribution in [0.15, 0.2) is 36.5 Å². The zero-order valence-electron chi connectivity index (χ0n) is 28.5. The topological polar surface area (TPSA) is 137 Å². The molecule has 2 atom stereocenters. The van der Waals surface area contributed by atoms with E-state index in [1.165, 1.54) is 19.4 Å². The molecule has 1 saturated heterocycles. The maximum atomic E-state index is 14.0. The normalized spacial score (nSPS) is 13.3. The van der Waals surface area contributed by atoms with Crippen molar-refractivity contribution in [1.29, 1.82) is 5.26 Å². The van der Waals surface area contributed by atoms with Crippen LogP contribution < -0.4 is 14.8 Å². The van der Waals surface area contributed by atoms with Gasteiger partial charge in [0.2, 0.25) is 5.91 Å². The highest BCUT2D eigenvalue weighted by Crippen LogP contribution is 2.37. The first-order chi connectivity index (χ1) is 22.3. The fraction of sp³-hybridized carbons (Fsp3) is 0.514. The quantitative estimate of drug-likeness (QED) is 0.218. The number of aliphatic hydroxyl groups is 2. The number of halogens is 1. The van der Waals surface area contributed by atoms with E-state index in [0.717, 1.165) is 0 Å². The molecule has 2 unspecified atom stereocenters. The second kappa shape index (κ2) is 21.7. The number of morpholine rings is 1. The van der Waals surface area contributed by atoms with Crippen molar-refractivity contribution in [2.24, 2.45) is 0 Å². The van der Waals surface area contributed by atoms with Gasteiger partial charge >= 0.3 is 0 Å². The minimum Gasteiger partial charge on any atom is -0.493 e. The number of carbonyl (C=O) groups is 1. The van der Waals surface area contributed by atoms with Gasteiger partial charge in [0.15, 0.2) is 11.5 Å². The van der Waals surface area contributed by atoms with Gasteiger partial charge in [-0.25, -0.2) is 4.39 Å². The van der Waals surface area contributed by atoms with Gasteiger partial charge in [0.1, 0.15) is 18.5 Å². The van der Waals surface area contributed by atoms with Gasteiger partial charge in [0.05, 0.1) is 55.7 Å². The van der Waals surface area contributed by atoms with Crippen LogP contribution in [0.3, 0.4) is 0 Å². The van der Waals surface area contributed by atoms with Gasteiger partial charge < -0.3 is 34.6 Å². The monoisotopic (exact) mass is 642 g/mol. The average molecular weight is 643 g/mol. The molecule has 2 heterocycles. The van der Waals surface area contributed by atoms with Crippen LogP contribution in [0, 0.1) is 17.1 Å². The molecule has 3 aromatic rings. The van der Waals surface area contributed by atoms with Crippen molar-refractivity contribution in [2.75, 3.05) is 45.3 Å². The Morgan fingerprint density at radius 1 is 1.09 bits per heavy atom. The van der Waals surface area contributed by atoms with Crippen LogP contribution in [0.2, 0.25) is 0 Å². The third kappa shape index (κ3) is 11.4. The van der Waals surface area contributed by atoms with Gasteiger partial charge in [-0.2, -0.15) is 5.26 Å². The summed E-state index contributed by atoms with van der Waals surface area (Å²) in [6.45, 7) is 15.6. The number of ether oxygens (including phenoxy) is 3. The molecule has 4 rings (SSSR count). The standard InChI is InChI=1S/C29H33FN4O6.3C2H6/c1-3-18-10-20(4-5-24(18)30)33-29-19(15-31)16-32-25-14-26(38-2)27(13-23(25)29)40-17-22(36)11-21(35)12-28(37)34-6-8-39-9-7-34;3*1-2/h4-5,10,13-14,16,21-22,35-36H,3,6-9,11-12,17H2,1-2H3,(H,32,33);3*1-2H3. The SMILES string of the molecule is CC.CC.CC.CCc1cc(Nc2c(C#N)cnc3cc(OC)c(OCC(O)CC(O)CC(=O)N4CCOCC4)cc23)ccc1F. The van der Waals surface area contributed by atoms with Crippen LogP contribution in [-0.4, -0.2) is 78.2 Å². The highest BCUT2D eigenvalue weighted by atomic mass is 19.1. The van der Waals surface area contributed by atoms with Gasteiger partial charge in [0, 0.05) is 42.8 Å². The molecule has 0 aliphatic carbocycles. The van der Waals surface area contributed by atoms with Crippen LogP contribution in [-0.2, 0) is 16.0 Å². The molecular weight excluding hydrogens is 591 g/mol. The molecule has 11 heteroatoms. The number of aromatic nitrogens is 1. The van der Waals surface area contributed by atoms with Crippen molar-refractivity contribution in [3.8, 4) is 17.6 Å². The number of methoxy groups -OCH3 is 1. The summed E-state index contributed by atoms with van der Waals surface area (Å²) in [5, 5.41) is 34.4. The van der Waals surface area contributed by atoms with Crippen LogP contribution >= 0.6 is 0 Å². The molecule has 46 heavy (non-hydrogen) atoms. The van der Waals surface area contributed by atoms with E-state index in [-0.39, 0.29) is 36.7 Å². The largest absolute Gasteiger partial charge is 0.493 e. The van der Waals surface area contributed by atoms with E-state index in [1.54, 1.807) is 29.2 Å². The Kier molecular flexibility index (Phi) is 18.9. The van der Waals surface area contributed by atoms with Gasteiger partial charge in [0.25, 0.3) is 0 Å². The molecule has 0 saturated carbocycles. The number of nitrogens with one attached hydrogen (secondary N) is 1. The number of rotatable bonds is 11. The Morgan fingerprint density at radius 3 is 2.37 bits per heavy atom. The number of hydrogen-bond donors (Lipinski definition) is 3. The lowest BCUT2D eigenvalue weighted by Gasteiger charge is -2.28. The number of hydrogen-bond acceptors (Lipinski definition) is 9. The Bertz CT molecular complexity index is 1390. The lowest BCUT2D eigenvalue weighted by Crippen LogP contribution is -2.42. The summed E-state index contributed by atoms with van der Waals surface area (Å²) in [7, 11) is 1.47. The number of anilines is 2. The highest BCUT2D eigenvalue weighted by molar-refractivity contribution is 5.97. The lowest BCUT2D eigenvalue weighted by molar-refractivity contribution is -0.137. The number of carbonyl (C=O) groups excluding carboxylic acids is 1. The maximum absolute atomic E-state index is 14.0. The van der Waals surface area contributed by atoms with Gasteiger partial charge in [-0.1, -0.05) is 48.5 Å². The Labute approximate surface area is 273 Å². The van der Waals surface area contributed by atoms with E-state index < -0.39 is 12.2 Å². The highest BCUT2D eigenvalue weighted by Gasteiger charge is 2.22. The fourth-order valence-corrected chi connectivity index (χ4v) is 4.55. The van der Waals surface area contributed by atoms with Gasteiger partial charge in [-0.15, -0.1) is 0 Å². The lowest BCUT2D eigenvalue weighted by atomic mass is 10.1. The Hall–Kier alpha value is -3.98. The predicted octanol–water partition coefficient (Wildman–Crippen LogP) is 6.38. The number of amides is 1. The number of benzene rings is 2. The molecule has 0 bridgehead atoms. The molecule has 1 aromatic heterocycles. The number of pyridine rings is 1. The second-order valence-electron chi connectivity index (χ2n) is 9.52. The van der Waals surface area contributed by atoms with Crippen molar-refractivity contribution < 1.29 is 33.6 Å². The maximum Gasteiger partial charge on any atom is 0.225 e. The van der Waals surface area contributed by atoms with E-state index in [0.29, 0.717) is 72.1 Å². The zero-order valence-corrected chi connectivity index (χ0v) is 28.5. The number of nitriles is 1. The summed E-state index contributed by atoms with van der Waals surface area (Å²) in [4.78, 5) is 18.4. The van der Waals surface area contributed by atoms with Gasteiger partial charge in [-0.05, 0) is 36.2 Å². The Balaban J connectivity index is 0.00000166.